The van der Waals surface area contributed by atoms with Crippen LogP contribution in [-0.4, -0.2) is 62.0 Å². The Kier molecular flexibility index (Phi) is 6.05. The quantitative estimate of drug-likeness (QED) is 0.297. The SMILES string of the molecule is COc1cc(-c2c(Br)c3nc(C4CCC5(CC4)OCCO5)sc3n2C(=O)OC(C)(C)C)cn2ncnc12. The van der Waals surface area contributed by atoms with Crippen molar-refractivity contribution in [3.63, 3.8) is 0 Å². The summed E-state index contributed by atoms with van der Waals surface area (Å²) >= 11 is 5.30. The number of hydrogen-bond donors (Lipinski definition) is 0. The van der Waals surface area contributed by atoms with Gasteiger partial charge >= 0.3 is 6.09 Å². The van der Waals surface area contributed by atoms with E-state index in [0.29, 0.717) is 34.8 Å². The highest BCUT2D eigenvalue weighted by molar-refractivity contribution is 9.10. The second-order valence-corrected chi connectivity index (χ2v) is 12.2. The summed E-state index contributed by atoms with van der Waals surface area (Å²) in [4.78, 5) is 23.6. The highest BCUT2D eigenvalue weighted by Gasteiger charge is 2.41. The van der Waals surface area contributed by atoms with E-state index in [0.717, 1.165) is 46.6 Å². The number of methoxy groups -OCH3 is 1. The van der Waals surface area contributed by atoms with Gasteiger partial charge in [0.2, 0.25) is 0 Å². The van der Waals surface area contributed by atoms with Gasteiger partial charge in [-0.15, -0.1) is 0 Å². The average molecular weight is 591 g/mol. The van der Waals surface area contributed by atoms with Crippen LogP contribution in [-0.2, 0) is 14.2 Å². The van der Waals surface area contributed by atoms with E-state index < -0.39 is 17.5 Å². The number of carbonyl (C=O) groups is 1. The van der Waals surface area contributed by atoms with Crippen LogP contribution in [0.1, 0.15) is 57.4 Å². The lowest BCUT2D eigenvalue weighted by Gasteiger charge is -2.34. The zero-order valence-corrected chi connectivity index (χ0v) is 23.5. The van der Waals surface area contributed by atoms with Gasteiger partial charge in [0, 0.05) is 30.5 Å². The van der Waals surface area contributed by atoms with Crippen LogP contribution >= 0.6 is 27.3 Å². The normalized spacial score (nSPS) is 18.3. The maximum atomic E-state index is 13.6. The maximum absolute atomic E-state index is 13.6. The van der Waals surface area contributed by atoms with E-state index in [9.17, 15) is 4.79 Å². The van der Waals surface area contributed by atoms with Crippen molar-refractivity contribution in [2.45, 2.75) is 63.8 Å². The molecule has 1 spiro atoms. The molecule has 2 fully saturated rings. The number of hydrogen-bond acceptors (Lipinski definition) is 9. The summed E-state index contributed by atoms with van der Waals surface area (Å²) in [6, 6.07) is 1.84. The van der Waals surface area contributed by atoms with E-state index in [2.05, 4.69) is 26.0 Å². The van der Waals surface area contributed by atoms with Crippen molar-refractivity contribution in [2.75, 3.05) is 20.3 Å². The fraction of sp³-hybridized carbons (Fsp3) is 0.520. The van der Waals surface area contributed by atoms with Crippen molar-refractivity contribution in [2.24, 2.45) is 0 Å². The molecular formula is C25H28BrN5O5S. The van der Waals surface area contributed by atoms with Gasteiger partial charge in [0.1, 0.15) is 22.3 Å². The first-order valence-corrected chi connectivity index (χ1v) is 13.9. The van der Waals surface area contributed by atoms with Gasteiger partial charge in [-0.25, -0.2) is 23.8 Å². The molecule has 37 heavy (non-hydrogen) atoms. The molecule has 0 N–H and O–H groups in total. The molecule has 1 saturated heterocycles. The number of rotatable bonds is 3. The van der Waals surface area contributed by atoms with Gasteiger partial charge in [0.05, 0.1) is 35.5 Å². The third-order valence-electron chi connectivity index (χ3n) is 6.79. The average Bonchev–Trinajstić information content (AvgIpc) is 3.63. The molecule has 196 valence electrons. The summed E-state index contributed by atoms with van der Waals surface area (Å²) in [7, 11) is 1.58. The molecule has 0 bridgehead atoms. The van der Waals surface area contributed by atoms with Gasteiger partial charge in [-0.05, 0) is 55.6 Å². The van der Waals surface area contributed by atoms with Gasteiger partial charge in [-0.3, -0.25) is 0 Å². The zero-order valence-electron chi connectivity index (χ0n) is 21.1. The van der Waals surface area contributed by atoms with Gasteiger partial charge < -0.3 is 18.9 Å². The fourth-order valence-corrected chi connectivity index (χ4v) is 7.17. The largest absolute Gasteiger partial charge is 0.493 e. The summed E-state index contributed by atoms with van der Waals surface area (Å²) in [5.74, 6) is 0.402. The minimum Gasteiger partial charge on any atom is -0.493 e. The lowest BCUT2D eigenvalue weighted by atomic mass is 9.85. The summed E-state index contributed by atoms with van der Waals surface area (Å²) in [6.07, 6.45) is 6.35. The molecule has 6 rings (SSSR count). The minimum atomic E-state index is -0.669. The molecule has 1 saturated carbocycles. The maximum Gasteiger partial charge on any atom is 0.420 e. The molecule has 5 heterocycles. The Morgan fingerprint density at radius 1 is 1.24 bits per heavy atom. The highest BCUT2D eigenvalue weighted by Crippen LogP contribution is 2.47. The van der Waals surface area contributed by atoms with Crippen molar-refractivity contribution in [1.82, 2.24) is 24.1 Å². The highest BCUT2D eigenvalue weighted by atomic mass is 79.9. The van der Waals surface area contributed by atoms with E-state index in [-0.39, 0.29) is 5.92 Å². The second kappa shape index (κ2) is 9.04. The van der Waals surface area contributed by atoms with Crippen LogP contribution in [0.5, 0.6) is 5.75 Å². The van der Waals surface area contributed by atoms with E-state index in [1.165, 1.54) is 17.7 Å². The summed E-state index contributed by atoms with van der Waals surface area (Å²) in [5.41, 5.74) is 1.99. The standard InChI is InChI=1S/C25H28BrN5O5S/c1-24(2,3)36-23(32)31-19(15-11-16(33-4)20-27-13-28-30(20)12-15)17(26)18-22(31)37-21(29-18)14-5-7-25(8-6-14)34-9-10-35-25/h11-14H,5-10H2,1-4H3. The van der Waals surface area contributed by atoms with Gasteiger partial charge in [-0.1, -0.05) is 11.3 Å². The smallest absolute Gasteiger partial charge is 0.420 e. The molecule has 2 aliphatic rings. The minimum absolute atomic E-state index is 0.282. The summed E-state index contributed by atoms with van der Waals surface area (Å²) < 4.78 is 27.2. The Balaban J connectivity index is 1.45. The predicted molar refractivity (Wildman–Crippen MR) is 141 cm³/mol. The summed E-state index contributed by atoms with van der Waals surface area (Å²) in [6.45, 7) is 6.88. The molecule has 12 heteroatoms. The number of fused-ring (bicyclic) bond motifs is 2. The van der Waals surface area contributed by atoms with Gasteiger partial charge in [-0.2, -0.15) is 5.10 Å². The zero-order chi connectivity index (χ0) is 25.9. The van der Waals surface area contributed by atoms with Gasteiger partial charge in [0.25, 0.3) is 0 Å². The second-order valence-electron chi connectivity index (χ2n) is 10.4. The van der Waals surface area contributed by atoms with Crippen molar-refractivity contribution in [3.05, 3.63) is 28.1 Å². The Morgan fingerprint density at radius 2 is 1.97 bits per heavy atom. The Hall–Kier alpha value is -2.54. The predicted octanol–water partition coefficient (Wildman–Crippen LogP) is 5.76. The first-order chi connectivity index (χ1) is 17.7. The third-order valence-corrected chi connectivity index (χ3v) is 8.74. The van der Waals surface area contributed by atoms with Gasteiger partial charge in [0.15, 0.2) is 17.2 Å². The van der Waals surface area contributed by atoms with Crippen LogP contribution < -0.4 is 4.74 Å². The Bertz CT molecular complexity index is 1490. The molecule has 0 unspecified atom stereocenters. The van der Waals surface area contributed by atoms with Crippen molar-refractivity contribution >= 4 is 49.4 Å². The van der Waals surface area contributed by atoms with Crippen LogP contribution in [0.3, 0.4) is 0 Å². The first-order valence-electron chi connectivity index (χ1n) is 12.3. The number of nitrogens with zero attached hydrogens (tertiary/aromatic N) is 5. The van der Waals surface area contributed by atoms with Crippen LogP contribution in [0, 0.1) is 0 Å². The number of pyridine rings is 1. The van der Waals surface area contributed by atoms with E-state index in [1.807, 2.05) is 33.0 Å². The topological polar surface area (TPSA) is 102 Å². The molecule has 1 aliphatic carbocycles. The molecule has 0 radical (unpaired) electrons. The van der Waals surface area contributed by atoms with E-state index in [1.54, 1.807) is 16.2 Å². The number of halogens is 1. The molecule has 0 atom stereocenters. The van der Waals surface area contributed by atoms with Crippen molar-refractivity contribution < 1.29 is 23.7 Å². The molecule has 4 aromatic rings. The monoisotopic (exact) mass is 589 g/mol. The molecule has 0 amide bonds. The fourth-order valence-electron chi connectivity index (χ4n) is 5.11. The molecule has 10 nitrogen and oxygen atoms in total. The molecule has 4 aromatic heterocycles. The van der Waals surface area contributed by atoms with Crippen molar-refractivity contribution in [3.8, 4) is 17.0 Å². The first kappa shape index (κ1) is 24.8. The number of aromatic nitrogens is 5. The van der Waals surface area contributed by atoms with Crippen molar-refractivity contribution in [1.29, 1.82) is 0 Å². The lowest BCUT2D eigenvalue weighted by molar-refractivity contribution is -0.178. The van der Waals surface area contributed by atoms with Crippen LogP contribution in [0.25, 0.3) is 27.3 Å². The van der Waals surface area contributed by atoms with Crippen LogP contribution in [0.4, 0.5) is 4.79 Å². The number of thiazole rings is 1. The van der Waals surface area contributed by atoms with Crippen LogP contribution in [0.2, 0.25) is 0 Å². The number of ether oxygens (including phenoxy) is 4. The van der Waals surface area contributed by atoms with E-state index >= 15 is 0 Å². The number of carbonyl (C=O) groups excluding carboxylic acids is 1. The summed E-state index contributed by atoms with van der Waals surface area (Å²) in [5, 5.41) is 5.28. The lowest BCUT2D eigenvalue weighted by Crippen LogP contribution is -2.34. The Labute approximate surface area is 226 Å². The van der Waals surface area contributed by atoms with E-state index in [4.69, 9.17) is 23.9 Å². The van der Waals surface area contributed by atoms with Crippen LogP contribution in [0.15, 0.2) is 23.1 Å². The molecule has 0 aromatic carbocycles. The Morgan fingerprint density at radius 3 is 2.65 bits per heavy atom. The third kappa shape index (κ3) is 4.33. The molecular weight excluding hydrogens is 562 g/mol. The molecule has 1 aliphatic heterocycles.